The van der Waals surface area contributed by atoms with E-state index in [0.29, 0.717) is 30.0 Å². The Morgan fingerprint density at radius 1 is 1.20 bits per heavy atom. The van der Waals surface area contributed by atoms with E-state index in [1.54, 1.807) is 0 Å². The number of ether oxygens (including phenoxy) is 1. The summed E-state index contributed by atoms with van der Waals surface area (Å²) in [6.45, 7) is 7.39. The lowest BCUT2D eigenvalue weighted by atomic mass is 9.44. The lowest BCUT2D eigenvalue weighted by molar-refractivity contribution is -0.179. The average Bonchev–Trinajstić information content (AvgIpc) is 2.88. The quantitative estimate of drug-likeness (QED) is 0.483. The van der Waals surface area contributed by atoms with Gasteiger partial charge in [0.2, 0.25) is 5.78 Å². The van der Waals surface area contributed by atoms with Gasteiger partial charge in [0.25, 0.3) is 0 Å². The zero-order valence-corrected chi connectivity index (χ0v) is 20.2. The first kappa shape index (κ1) is 22.4. The number of esters is 1. The molecule has 4 aliphatic carbocycles. The molecule has 6 heteroatoms. The molecule has 1 N–H and O–H groups in total. The van der Waals surface area contributed by atoms with E-state index in [-0.39, 0.29) is 34.5 Å². The van der Waals surface area contributed by atoms with Crippen LogP contribution in [-0.4, -0.2) is 39.7 Å². The second-order valence-corrected chi connectivity index (χ2v) is 12.2. The standard InChI is InChI=1S/C24H35BrO5/c1-13-9-18-16-6-5-15-10-20(27)19(25)11-22(15,3)17(16)7-8-23(18,4)24(13,29)21(28)12-30-14(2)26/h13,15-19,29H,5-12H2,1-4H3/t13-,15+,16+,17+,18-,19-,22+,23+,24+/m1/s1. The summed E-state index contributed by atoms with van der Waals surface area (Å²) in [5.74, 6) is 1.07. The van der Waals surface area contributed by atoms with Gasteiger partial charge in [-0.1, -0.05) is 36.7 Å². The van der Waals surface area contributed by atoms with E-state index in [9.17, 15) is 19.5 Å². The third kappa shape index (κ3) is 2.99. The molecular weight excluding hydrogens is 448 g/mol. The highest BCUT2D eigenvalue weighted by Gasteiger charge is 2.69. The molecule has 0 radical (unpaired) electrons. The number of Topliss-reactive ketones (excluding diaryl/α,β-unsaturated/α-hetero) is 2. The van der Waals surface area contributed by atoms with Crippen LogP contribution in [0.15, 0.2) is 0 Å². The van der Waals surface area contributed by atoms with Gasteiger partial charge in [-0.2, -0.15) is 0 Å². The van der Waals surface area contributed by atoms with Crippen LogP contribution in [0.3, 0.4) is 0 Å². The molecule has 0 spiro atoms. The van der Waals surface area contributed by atoms with E-state index < -0.39 is 17.0 Å². The molecule has 0 unspecified atom stereocenters. The van der Waals surface area contributed by atoms with E-state index in [1.165, 1.54) is 6.92 Å². The van der Waals surface area contributed by atoms with Crippen LogP contribution in [0.5, 0.6) is 0 Å². The average molecular weight is 483 g/mol. The number of alkyl halides is 1. The Morgan fingerprint density at radius 2 is 1.90 bits per heavy atom. The predicted octanol–water partition coefficient (Wildman–Crippen LogP) is 4.08. The van der Waals surface area contributed by atoms with E-state index >= 15 is 0 Å². The fourth-order valence-electron chi connectivity index (χ4n) is 8.27. The van der Waals surface area contributed by atoms with Crippen molar-refractivity contribution in [1.29, 1.82) is 0 Å². The van der Waals surface area contributed by atoms with Gasteiger partial charge in [-0.25, -0.2) is 0 Å². The largest absolute Gasteiger partial charge is 0.458 e. The van der Waals surface area contributed by atoms with Gasteiger partial charge in [0.15, 0.2) is 6.61 Å². The lowest BCUT2D eigenvalue weighted by Crippen LogP contribution is -2.61. The van der Waals surface area contributed by atoms with Crippen molar-refractivity contribution in [2.24, 2.45) is 40.4 Å². The molecule has 0 saturated heterocycles. The Bertz CT molecular complexity index is 767. The Labute approximate surface area is 187 Å². The summed E-state index contributed by atoms with van der Waals surface area (Å²) >= 11 is 3.63. The minimum Gasteiger partial charge on any atom is -0.458 e. The minimum absolute atomic E-state index is 0.0458. The molecule has 4 saturated carbocycles. The first-order valence-corrected chi connectivity index (χ1v) is 12.4. The van der Waals surface area contributed by atoms with Crippen LogP contribution in [-0.2, 0) is 19.1 Å². The first-order chi connectivity index (χ1) is 13.9. The molecule has 0 amide bonds. The van der Waals surface area contributed by atoms with Crippen molar-refractivity contribution in [3.63, 3.8) is 0 Å². The third-order valence-electron chi connectivity index (χ3n) is 9.89. The molecule has 168 valence electrons. The molecule has 0 aromatic heterocycles. The molecule has 30 heavy (non-hydrogen) atoms. The second kappa shape index (κ2) is 7.40. The van der Waals surface area contributed by atoms with Gasteiger partial charge >= 0.3 is 5.97 Å². The molecule has 9 atom stereocenters. The Kier molecular flexibility index (Phi) is 5.53. The van der Waals surface area contributed by atoms with Crippen molar-refractivity contribution in [3.05, 3.63) is 0 Å². The van der Waals surface area contributed by atoms with Gasteiger partial charge in [0.1, 0.15) is 11.4 Å². The van der Waals surface area contributed by atoms with Crippen LogP contribution < -0.4 is 0 Å². The number of hydrogen-bond acceptors (Lipinski definition) is 5. The molecular formula is C24H35BrO5. The monoisotopic (exact) mass is 482 g/mol. The van der Waals surface area contributed by atoms with Gasteiger partial charge < -0.3 is 9.84 Å². The summed E-state index contributed by atoms with van der Waals surface area (Å²) < 4.78 is 4.98. The van der Waals surface area contributed by atoms with Crippen molar-refractivity contribution in [1.82, 2.24) is 0 Å². The van der Waals surface area contributed by atoms with Crippen molar-refractivity contribution in [2.45, 2.75) is 83.1 Å². The topological polar surface area (TPSA) is 80.7 Å². The SMILES string of the molecule is CC(=O)OCC(=O)[C@@]1(O)[C@H](C)C[C@@H]2[C@H]3CC[C@H]4CC(=O)[C@H](Br)C[C@]4(C)[C@H]3CC[C@@]21C. The van der Waals surface area contributed by atoms with Crippen molar-refractivity contribution >= 4 is 33.5 Å². The van der Waals surface area contributed by atoms with Crippen molar-refractivity contribution < 1.29 is 24.2 Å². The van der Waals surface area contributed by atoms with Gasteiger partial charge in [0, 0.05) is 18.8 Å². The van der Waals surface area contributed by atoms with Gasteiger partial charge in [-0.05, 0) is 73.5 Å². The van der Waals surface area contributed by atoms with Crippen LogP contribution in [0.2, 0.25) is 0 Å². The van der Waals surface area contributed by atoms with E-state index in [4.69, 9.17) is 4.74 Å². The Balaban J connectivity index is 1.62. The number of aliphatic hydroxyl groups is 1. The highest BCUT2D eigenvalue weighted by Crippen LogP contribution is 2.69. The number of hydrogen-bond donors (Lipinski definition) is 1. The smallest absolute Gasteiger partial charge is 0.303 e. The van der Waals surface area contributed by atoms with Crippen LogP contribution >= 0.6 is 15.9 Å². The Morgan fingerprint density at radius 3 is 2.57 bits per heavy atom. The molecule has 0 bridgehead atoms. The van der Waals surface area contributed by atoms with E-state index in [1.807, 2.05) is 6.92 Å². The number of rotatable bonds is 3. The summed E-state index contributed by atoms with van der Waals surface area (Å²) in [6, 6.07) is 0. The van der Waals surface area contributed by atoms with E-state index in [0.717, 1.165) is 38.5 Å². The third-order valence-corrected chi connectivity index (χ3v) is 10.7. The number of halogens is 1. The summed E-state index contributed by atoms with van der Waals surface area (Å²) in [6.07, 6.45) is 6.32. The van der Waals surface area contributed by atoms with Crippen molar-refractivity contribution in [3.8, 4) is 0 Å². The lowest BCUT2D eigenvalue weighted by Gasteiger charge is -2.61. The number of carbonyl (C=O) groups excluding carboxylic acids is 3. The highest BCUT2D eigenvalue weighted by molar-refractivity contribution is 9.10. The normalized spacial score (nSPS) is 50.3. The van der Waals surface area contributed by atoms with E-state index in [2.05, 4.69) is 29.8 Å². The Hall–Kier alpha value is -0.750. The van der Waals surface area contributed by atoms with Gasteiger partial charge in [0.05, 0.1) is 4.83 Å². The molecule has 4 aliphatic rings. The van der Waals surface area contributed by atoms with Gasteiger partial charge in [-0.15, -0.1) is 0 Å². The summed E-state index contributed by atoms with van der Waals surface area (Å²) in [5, 5.41) is 11.8. The minimum atomic E-state index is -1.45. The number of carbonyl (C=O) groups is 3. The van der Waals surface area contributed by atoms with Crippen LogP contribution in [0.4, 0.5) is 0 Å². The summed E-state index contributed by atoms with van der Waals surface area (Å²) in [4.78, 5) is 36.6. The maximum atomic E-state index is 13.1. The van der Waals surface area contributed by atoms with Crippen molar-refractivity contribution in [2.75, 3.05) is 6.61 Å². The zero-order valence-electron chi connectivity index (χ0n) is 18.6. The highest BCUT2D eigenvalue weighted by atomic mass is 79.9. The first-order valence-electron chi connectivity index (χ1n) is 11.5. The van der Waals surface area contributed by atoms with Crippen LogP contribution in [0.25, 0.3) is 0 Å². The maximum Gasteiger partial charge on any atom is 0.303 e. The predicted molar refractivity (Wildman–Crippen MR) is 116 cm³/mol. The molecule has 0 heterocycles. The summed E-state index contributed by atoms with van der Waals surface area (Å²) in [7, 11) is 0. The molecule has 0 aliphatic heterocycles. The molecule has 0 aromatic rings. The number of fused-ring (bicyclic) bond motifs is 5. The van der Waals surface area contributed by atoms with Gasteiger partial charge in [-0.3, -0.25) is 14.4 Å². The second-order valence-electron chi connectivity index (χ2n) is 11.1. The molecule has 0 aromatic carbocycles. The fourth-order valence-corrected chi connectivity index (χ4v) is 9.16. The fraction of sp³-hybridized carbons (Fsp3) is 0.875. The van der Waals surface area contributed by atoms with Crippen LogP contribution in [0.1, 0.15) is 72.6 Å². The zero-order chi connectivity index (χ0) is 22.1. The molecule has 4 rings (SSSR count). The van der Waals surface area contributed by atoms with Crippen LogP contribution in [0, 0.1) is 40.4 Å². The molecule has 4 fully saturated rings. The summed E-state index contributed by atoms with van der Waals surface area (Å²) in [5.41, 5.74) is -1.80. The molecule has 5 nitrogen and oxygen atoms in total. The number of ketones is 2. The maximum absolute atomic E-state index is 13.1.